The molecule has 2 unspecified atom stereocenters. The molecule has 1 heterocycles. The second-order valence-corrected chi connectivity index (χ2v) is 3.97. The maximum absolute atomic E-state index is 10.7. The van der Waals surface area contributed by atoms with Crippen molar-refractivity contribution in [1.82, 2.24) is 4.90 Å². The lowest BCUT2D eigenvalue weighted by atomic mass is 10.1. The van der Waals surface area contributed by atoms with Crippen LogP contribution >= 0.6 is 0 Å². The maximum atomic E-state index is 10.7. The van der Waals surface area contributed by atoms with E-state index in [0.29, 0.717) is 19.1 Å². The van der Waals surface area contributed by atoms with Crippen molar-refractivity contribution in [2.75, 3.05) is 26.2 Å². The van der Waals surface area contributed by atoms with E-state index in [1.165, 1.54) is 0 Å². The van der Waals surface area contributed by atoms with Crippen LogP contribution in [0.4, 0.5) is 0 Å². The topological polar surface area (TPSA) is 49.8 Å². The molecule has 0 aromatic rings. The van der Waals surface area contributed by atoms with E-state index in [1.54, 1.807) is 0 Å². The van der Waals surface area contributed by atoms with Crippen LogP contribution in [0.2, 0.25) is 0 Å². The van der Waals surface area contributed by atoms with E-state index in [2.05, 4.69) is 18.7 Å². The second-order valence-electron chi connectivity index (χ2n) is 3.97. The average molecular weight is 201 g/mol. The van der Waals surface area contributed by atoms with Gasteiger partial charge in [0.25, 0.3) is 0 Å². The van der Waals surface area contributed by atoms with Crippen molar-refractivity contribution in [1.29, 1.82) is 0 Å². The molecular formula is C10H19NO3. The number of nitrogens with zero attached hydrogens (tertiary/aromatic N) is 1. The van der Waals surface area contributed by atoms with Gasteiger partial charge >= 0.3 is 5.97 Å². The lowest BCUT2D eigenvalue weighted by molar-refractivity contribution is -0.156. The SMILES string of the molecule is CCC(C)CN1CCOC(C(=O)O)C1. The van der Waals surface area contributed by atoms with Crippen molar-refractivity contribution in [3.63, 3.8) is 0 Å². The highest BCUT2D eigenvalue weighted by molar-refractivity contribution is 5.72. The number of rotatable bonds is 4. The van der Waals surface area contributed by atoms with Crippen LogP contribution in [0.25, 0.3) is 0 Å². The quantitative estimate of drug-likeness (QED) is 0.731. The van der Waals surface area contributed by atoms with E-state index < -0.39 is 12.1 Å². The van der Waals surface area contributed by atoms with E-state index in [1.807, 2.05) is 0 Å². The predicted molar refractivity (Wildman–Crippen MR) is 53.3 cm³/mol. The van der Waals surface area contributed by atoms with E-state index in [9.17, 15) is 4.79 Å². The fourth-order valence-corrected chi connectivity index (χ4v) is 1.59. The summed E-state index contributed by atoms with van der Waals surface area (Å²) in [5.74, 6) is -0.221. The van der Waals surface area contributed by atoms with Crippen LogP contribution in [-0.4, -0.2) is 48.3 Å². The van der Waals surface area contributed by atoms with Crippen LogP contribution in [0.15, 0.2) is 0 Å². The van der Waals surface area contributed by atoms with E-state index in [-0.39, 0.29) is 0 Å². The van der Waals surface area contributed by atoms with Gasteiger partial charge in [0.1, 0.15) is 0 Å². The molecule has 0 aromatic heterocycles. The van der Waals surface area contributed by atoms with Crippen molar-refractivity contribution in [3.8, 4) is 0 Å². The van der Waals surface area contributed by atoms with Gasteiger partial charge in [-0.1, -0.05) is 20.3 Å². The van der Waals surface area contributed by atoms with Crippen LogP contribution in [0.3, 0.4) is 0 Å². The first-order valence-electron chi connectivity index (χ1n) is 5.20. The summed E-state index contributed by atoms with van der Waals surface area (Å²) >= 11 is 0. The summed E-state index contributed by atoms with van der Waals surface area (Å²) in [6, 6.07) is 0. The van der Waals surface area contributed by atoms with Crippen LogP contribution < -0.4 is 0 Å². The van der Waals surface area contributed by atoms with Gasteiger partial charge in [0.15, 0.2) is 6.10 Å². The minimum absolute atomic E-state index is 0.527. The highest BCUT2D eigenvalue weighted by Gasteiger charge is 2.26. The molecule has 1 aliphatic heterocycles. The number of aliphatic carboxylic acids is 1. The number of ether oxygens (including phenoxy) is 1. The number of carboxylic acids is 1. The minimum atomic E-state index is -0.848. The van der Waals surface area contributed by atoms with Gasteiger partial charge in [-0.15, -0.1) is 0 Å². The molecule has 0 aliphatic carbocycles. The molecule has 4 heteroatoms. The van der Waals surface area contributed by atoms with Crippen LogP contribution in [0.5, 0.6) is 0 Å². The Morgan fingerprint density at radius 3 is 3.00 bits per heavy atom. The van der Waals surface area contributed by atoms with Crippen molar-refractivity contribution < 1.29 is 14.6 Å². The Hall–Kier alpha value is -0.610. The fourth-order valence-electron chi connectivity index (χ4n) is 1.59. The molecule has 0 aromatic carbocycles. The van der Waals surface area contributed by atoms with Crippen molar-refractivity contribution >= 4 is 5.97 Å². The van der Waals surface area contributed by atoms with Gasteiger partial charge in [0, 0.05) is 19.6 Å². The molecule has 1 N–H and O–H groups in total. The van der Waals surface area contributed by atoms with Gasteiger partial charge < -0.3 is 9.84 Å². The van der Waals surface area contributed by atoms with Gasteiger partial charge in [-0.25, -0.2) is 4.79 Å². The van der Waals surface area contributed by atoms with E-state index in [0.717, 1.165) is 19.5 Å². The molecule has 14 heavy (non-hydrogen) atoms. The third-order valence-electron chi connectivity index (χ3n) is 2.69. The molecule has 0 spiro atoms. The van der Waals surface area contributed by atoms with Gasteiger partial charge in [-0.2, -0.15) is 0 Å². The monoisotopic (exact) mass is 201 g/mol. The van der Waals surface area contributed by atoms with Crippen molar-refractivity contribution in [2.45, 2.75) is 26.4 Å². The number of hydrogen-bond donors (Lipinski definition) is 1. The summed E-state index contributed by atoms with van der Waals surface area (Å²) in [5.41, 5.74) is 0. The summed E-state index contributed by atoms with van der Waals surface area (Å²) in [5, 5.41) is 8.80. The van der Waals surface area contributed by atoms with Crippen molar-refractivity contribution in [2.24, 2.45) is 5.92 Å². The Labute approximate surface area is 84.8 Å². The number of carbonyl (C=O) groups is 1. The summed E-state index contributed by atoms with van der Waals surface area (Å²) < 4.78 is 5.14. The van der Waals surface area contributed by atoms with Gasteiger partial charge in [-0.3, -0.25) is 4.90 Å². The molecule has 1 fully saturated rings. The Morgan fingerprint density at radius 1 is 1.71 bits per heavy atom. The molecule has 1 rings (SSSR count). The average Bonchev–Trinajstić information content (AvgIpc) is 2.18. The largest absolute Gasteiger partial charge is 0.479 e. The molecule has 0 saturated carbocycles. The normalized spacial score (nSPS) is 26.0. The molecule has 1 saturated heterocycles. The standard InChI is InChI=1S/C10H19NO3/c1-3-8(2)6-11-4-5-14-9(7-11)10(12)13/h8-9H,3-7H2,1-2H3,(H,12,13). The molecule has 82 valence electrons. The van der Waals surface area contributed by atoms with Crippen LogP contribution in [0.1, 0.15) is 20.3 Å². The lowest BCUT2D eigenvalue weighted by Gasteiger charge is -2.32. The zero-order valence-corrected chi connectivity index (χ0v) is 8.90. The molecule has 0 radical (unpaired) electrons. The second kappa shape index (κ2) is 5.32. The highest BCUT2D eigenvalue weighted by Crippen LogP contribution is 2.10. The zero-order valence-electron chi connectivity index (χ0n) is 8.90. The number of carboxylic acid groups (broad SMARTS) is 1. The van der Waals surface area contributed by atoms with Gasteiger partial charge in [-0.05, 0) is 5.92 Å². The Bertz CT molecular complexity index is 196. The highest BCUT2D eigenvalue weighted by atomic mass is 16.5. The van der Waals surface area contributed by atoms with Gasteiger partial charge in [0.2, 0.25) is 0 Å². The Morgan fingerprint density at radius 2 is 2.43 bits per heavy atom. The fraction of sp³-hybridized carbons (Fsp3) is 0.900. The van der Waals surface area contributed by atoms with Gasteiger partial charge in [0.05, 0.1) is 6.61 Å². The molecule has 4 nitrogen and oxygen atoms in total. The Balaban J connectivity index is 2.36. The summed E-state index contributed by atoms with van der Waals surface area (Å²) in [4.78, 5) is 12.9. The summed E-state index contributed by atoms with van der Waals surface area (Å²) in [6.07, 6.45) is 0.502. The maximum Gasteiger partial charge on any atom is 0.334 e. The zero-order chi connectivity index (χ0) is 10.6. The van der Waals surface area contributed by atoms with Crippen LogP contribution in [0, 0.1) is 5.92 Å². The first-order valence-corrected chi connectivity index (χ1v) is 5.20. The number of morpholine rings is 1. The first-order chi connectivity index (χ1) is 6.63. The smallest absolute Gasteiger partial charge is 0.334 e. The minimum Gasteiger partial charge on any atom is -0.479 e. The molecule has 1 aliphatic rings. The number of hydrogen-bond acceptors (Lipinski definition) is 3. The third kappa shape index (κ3) is 3.27. The van der Waals surface area contributed by atoms with Crippen molar-refractivity contribution in [3.05, 3.63) is 0 Å². The molecule has 0 bridgehead atoms. The lowest BCUT2D eigenvalue weighted by Crippen LogP contribution is -2.47. The third-order valence-corrected chi connectivity index (χ3v) is 2.69. The summed E-state index contributed by atoms with van der Waals surface area (Å²) in [7, 11) is 0. The predicted octanol–water partition coefficient (Wildman–Crippen LogP) is 0.818. The molecular weight excluding hydrogens is 182 g/mol. The van der Waals surface area contributed by atoms with E-state index >= 15 is 0 Å². The van der Waals surface area contributed by atoms with E-state index in [4.69, 9.17) is 9.84 Å². The first kappa shape index (κ1) is 11.5. The van der Waals surface area contributed by atoms with Crippen LogP contribution in [-0.2, 0) is 9.53 Å². The molecule has 0 amide bonds. The Kier molecular flexibility index (Phi) is 4.35. The molecule has 2 atom stereocenters. The summed E-state index contributed by atoms with van der Waals surface area (Å²) in [6.45, 7) is 7.23.